The molecule has 2 aromatic heterocycles. The first kappa shape index (κ1) is 14.3. The van der Waals surface area contributed by atoms with E-state index in [1.54, 1.807) is 0 Å². The molecule has 1 saturated heterocycles. The average molecular weight is 327 g/mol. The SMILES string of the molecule is OC[C@H]1O[C@@H](n2cnc3c(Cl)nc(C4CC4)nc32)[C@H](O)[C@@H]1O. The van der Waals surface area contributed by atoms with E-state index in [1.807, 2.05) is 0 Å². The van der Waals surface area contributed by atoms with Crippen LogP contribution in [0, 0.1) is 0 Å². The van der Waals surface area contributed by atoms with Crippen LogP contribution in [0.15, 0.2) is 6.33 Å². The summed E-state index contributed by atoms with van der Waals surface area (Å²) in [6, 6.07) is 0. The van der Waals surface area contributed by atoms with E-state index in [2.05, 4.69) is 15.0 Å². The molecule has 1 aliphatic heterocycles. The number of ether oxygens (including phenoxy) is 1. The number of aliphatic hydroxyl groups excluding tert-OH is 3. The van der Waals surface area contributed by atoms with Crippen LogP contribution in [0.5, 0.6) is 0 Å². The van der Waals surface area contributed by atoms with Gasteiger partial charge in [0.2, 0.25) is 0 Å². The van der Waals surface area contributed by atoms with Crippen molar-refractivity contribution in [3.05, 3.63) is 17.3 Å². The highest BCUT2D eigenvalue weighted by molar-refractivity contribution is 6.33. The smallest absolute Gasteiger partial charge is 0.167 e. The molecule has 0 radical (unpaired) electrons. The summed E-state index contributed by atoms with van der Waals surface area (Å²) >= 11 is 6.16. The minimum atomic E-state index is -1.19. The maximum atomic E-state index is 10.1. The minimum Gasteiger partial charge on any atom is -0.394 e. The van der Waals surface area contributed by atoms with Crippen LogP contribution in [0.25, 0.3) is 11.2 Å². The minimum absolute atomic E-state index is 0.261. The van der Waals surface area contributed by atoms with E-state index in [0.717, 1.165) is 12.8 Å². The fourth-order valence-corrected chi connectivity index (χ4v) is 2.94. The fraction of sp³-hybridized carbons (Fsp3) is 0.615. The molecule has 9 heteroatoms. The lowest BCUT2D eigenvalue weighted by atomic mass is 10.1. The molecule has 4 atom stereocenters. The Bertz CT molecular complexity index is 719. The summed E-state index contributed by atoms with van der Waals surface area (Å²) in [5, 5.41) is 29.5. The van der Waals surface area contributed by atoms with Gasteiger partial charge in [0, 0.05) is 5.92 Å². The van der Waals surface area contributed by atoms with Crippen LogP contribution < -0.4 is 0 Å². The van der Waals surface area contributed by atoms with E-state index in [4.69, 9.17) is 16.3 Å². The number of halogens is 1. The van der Waals surface area contributed by atoms with Crippen molar-refractivity contribution < 1.29 is 20.1 Å². The molecule has 0 amide bonds. The largest absolute Gasteiger partial charge is 0.394 e. The molecule has 2 aliphatic rings. The summed E-state index contributed by atoms with van der Waals surface area (Å²) in [4.78, 5) is 12.9. The van der Waals surface area contributed by atoms with E-state index < -0.39 is 24.5 Å². The zero-order chi connectivity index (χ0) is 15.4. The number of imidazole rings is 1. The van der Waals surface area contributed by atoms with Gasteiger partial charge in [-0.15, -0.1) is 0 Å². The average Bonchev–Trinajstić information content (AvgIpc) is 3.22. The van der Waals surface area contributed by atoms with E-state index in [0.29, 0.717) is 22.9 Å². The molecule has 0 unspecified atom stereocenters. The Morgan fingerprint density at radius 2 is 2.05 bits per heavy atom. The molecule has 22 heavy (non-hydrogen) atoms. The van der Waals surface area contributed by atoms with Gasteiger partial charge in [-0.2, -0.15) is 0 Å². The lowest BCUT2D eigenvalue weighted by Crippen LogP contribution is -2.33. The van der Waals surface area contributed by atoms with Gasteiger partial charge < -0.3 is 20.1 Å². The van der Waals surface area contributed by atoms with Crippen LogP contribution in [0.1, 0.15) is 30.8 Å². The van der Waals surface area contributed by atoms with Gasteiger partial charge in [-0.05, 0) is 12.8 Å². The van der Waals surface area contributed by atoms with Crippen molar-refractivity contribution >= 4 is 22.8 Å². The summed E-state index contributed by atoms with van der Waals surface area (Å²) in [6.45, 7) is -0.385. The topological polar surface area (TPSA) is 114 Å². The standard InChI is InChI=1S/C13H15ClN4O4/c14-10-7-12(17-11(16-10)5-1-2-5)18(4-15-7)13-9(21)8(20)6(3-19)22-13/h4-6,8-9,13,19-21H,1-3H2/t6-,8-,9-,13-/m1/s1. The maximum absolute atomic E-state index is 10.1. The molecule has 2 fully saturated rings. The number of rotatable bonds is 3. The van der Waals surface area contributed by atoms with Crippen LogP contribution in [-0.2, 0) is 4.74 Å². The van der Waals surface area contributed by atoms with Crippen molar-refractivity contribution in [3.63, 3.8) is 0 Å². The highest BCUT2D eigenvalue weighted by Crippen LogP contribution is 2.40. The second kappa shape index (κ2) is 5.10. The molecule has 118 valence electrons. The maximum Gasteiger partial charge on any atom is 0.167 e. The Hall–Kier alpha value is -1.32. The Morgan fingerprint density at radius 1 is 1.27 bits per heavy atom. The van der Waals surface area contributed by atoms with Crippen LogP contribution in [0.2, 0.25) is 5.15 Å². The molecule has 4 rings (SSSR count). The van der Waals surface area contributed by atoms with Gasteiger partial charge in [0.1, 0.15) is 29.7 Å². The second-order valence-electron chi connectivity index (χ2n) is 5.70. The number of aliphatic hydroxyl groups is 3. The van der Waals surface area contributed by atoms with Gasteiger partial charge in [0.15, 0.2) is 17.0 Å². The third-order valence-electron chi connectivity index (χ3n) is 4.13. The molecule has 1 saturated carbocycles. The van der Waals surface area contributed by atoms with Gasteiger partial charge in [0.25, 0.3) is 0 Å². The van der Waals surface area contributed by atoms with Gasteiger partial charge in [-0.1, -0.05) is 11.6 Å². The van der Waals surface area contributed by atoms with Crippen molar-refractivity contribution in [2.45, 2.75) is 43.3 Å². The number of hydrogen-bond acceptors (Lipinski definition) is 7. The zero-order valence-corrected chi connectivity index (χ0v) is 12.3. The Balaban J connectivity index is 1.78. The molecule has 0 bridgehead atoms. The van der Waals surface area contributed by atoms with Gasteiger partial charge in [-0.3, -0.25) is 4.57 Å². The van der Waals surface area contributed by atoms with E-state index in [1.165, 1.54) is 10.9 Å². The summed E-state index contributed by atoms with van der Waals surface area (Å²) in [7, 11) is 0. The van der Waals surface area contributed by atoms with Crippen LogP contribution in [-0.4, -0.2) is 59.8 Å². The molecule has 8 nitrogen and oxygen atoms in total. The van der Waals surface area contributed by atoms with E-state index in [9.17, 15) is 15.3 Å². The van der Waals surface area contributed by atoms with Crippen molar-refractivity contribution in [1.82, 2.24) is 19.5 Å². The summed E-state index contributed by atoms with van der Waals surface area (Å²) in [6.07, 6.45) is -0.580. The predicted octanol–water partition coefficient (Wildman–Crippen LogP) is -0.0314. The molecule has 0 spiro atoms. The zero-order valence-electron chi connectivity index (χ0n) is 11.5. The lowest BCUT2D eigenvalue weighted by Gasteiger charge is -2.16. The van der Waals surface area contributed by atoms with Crippen LogP contribution in [0.3, 0.4) is 0 Å². The van der Waals surface area contributed by atoms with Crippen LogP contribution in [0.4, 0.5) is 0 Å². The first-order valence-corrected chi connectivity index (χ1v) is 7.50. The Labute approximate surface area is 130 Å². The highest BCUT2D eigenvalue weighted by Gasteiger charge is 2.44. The first-order valence-electron chi connectivity index (χ1n) is 7.12. The highest BCUT2D eigenvalue weighted by atomic mass is 35.5. The number of fused-ring (bicyclic) bond motifs is 1. The van der Waals surface area contributed by atoms with Gasteiger partial charge in [0.05, 0.1) is 12.9 Å². The van der Waals surface area contributed by atoms with Crippen LogP contribution >= 0.6 is 11.6 Å². The monoisotopic (exact) mass is 326 g/mol. The van der Waals surface area contributed by atoms with Gasteiger partial charge >= 0.3 is 0 Å². The predicted molar refractivity (Wildman–Crippen MR) is 75.3 cm³/mol. The van der Waals surface area contributed by atoms with Crippen molar-refractivity contribution in [2.24, 2.45) is 0 Å². The Kier molecular flexibility index (Phi) is 3.31. The van der Waals surface area contributed by atoms with Crippen molar-refractivity contribution in [1.29, 1.82) is 0 Å². The molecule has 3 heterocycles. The normalized spacial score (nSPS) is 32.0. The van der Waals surface area contributed by atoms with Crippen molar-refractivity contribution in [3.8, 4) is 0 Å². The summed E-state index contributed by atoms with van der Waals surface area (Å²) in [5.41, 5.74) is 0.876. The number of hydrogen-bond donors (Lipinski definition) is 3. The fourth-order valence-electron chi connectivity index (χ4n) is 2.72. The third kappa shape index (κ3) is 2.10. The summed E-state index contributed by atoms with van der Waals surface area (Å²) in [5.74, 6) is 0.974. The van der Waals surface area contributed by atoms with E-state index >= 15 is 0 Å². The molecule has 2 aromatic rings. The lowest BCUT2D eigenvalue weighted by molar-refractivity contribution is -0.0511. The summed E-state index contributed by atoms with van der Waals surface area (Å²) < 4.78 is 7.04. The molecular formula is C13H15ClN4O4. The molecule has 0 aromatic carbocycles. The Morgan fingerprint density at radius 3 is 2.68 bits per heavy atom. The quantitative estimate of drug-likeness (QED) is 0.679. The third-order valence-corrected chi connectivity index (χ3v) is 4.39. The second-order valence-corrected chi connectivity index (χ2v) is 6.06. The molecular weight excluding hydrogens is 312 g/mol. The molecule has 3 N–H and O–H groups in total. The molecule has 1 aliphatic carbocycles. The number of aromatic nitrogens is 4. The number of nitrogens with zero attached hydrogens (tertiary/aromatic N) is 4. The van der Waals surface area contributed by atoms with E-state index in [-0.39, 0.29) is 11.8 Å². The van der Waals surface area contributed by atoms with Crippen molar-refractivity contribution in [2.75, 3.05) is 6.61 Å². The first-order chi connectivity index (χ1) is 10.6. The van der Waals surface area contributed by atoms with Gasteiger partial charge in [-0.25, -0.2) is 15.0 Å².